The fourth-order valence-electron chi connectivity index (χ4n) is 6.00. The molecule has 0 spiro atoms. The molecule has 0 unspecified atom stereocenters. The van der Waals surface area contributed by atoms with Crippen LogP contribution in [0.5, 0.6) is 5.75 Å². The first-order chi connectivity index (χ1) is 15.5. The van der Waals surface area contributed by atoms with E-state index >= 15 is 0 Å². The van der Waals surface area contributed by atoms with Gasteiger partial charge in [-0.05, 0) is 55.4 Å². The average molecular weight is 438 g/mol. The summed E-state index contributed by atoms with van der Waals surface area (Å²) >= 11 is 0. The SMILES string of the molecule is N#C[C@@H]1CCCN1C(=O)[C@@H](N)CN1C[C@H]2C[C@@H]1C(=O)N2[C@@H]1CCc2cc(OC=O)ccc21. The molecule has 5 atom stereocenters. The minimum Gasteiger partial charge on any atom is -0.429 e. The second kappa shape index (κ2) is 8.19. The number of likely N-dealkylation sites (tertiary alicyclic amines) is 3. The van der Waals surface area contributed by atoms with E-state index in [1.807, 2.05) is 21.9 Å². The Morgan fingerprint density at radius 2 is 2.19 bits per heavy atom. The Labute approximate surface area is 186 Å². The molecule has 3 aliphatic heterocycles. The van der Waals surface area contributed by atoms with Crippen LogP contribution < -0.4 is 10.5 Å². The number of hydrogen-bond acceptors (Lipinski definition) is 7. The monoisotopic (exact) mass is 437 g/mol. The smallest absolute Gasteiger partial charge is 0.298 e. The number of nitriles is 1. The van der Waals surface area contributed by atoms with E-state index in [4.69, 9.17) is 10.5 Å². The van der Waals surface area contributed by atoms with Crippen molar-refractivity contribution in [2.75, 3.05) is 19.6 Å². The summed E-state index contributed by atoms with van der Waals surface area (Å²) in [6.45, 7) is 2.04. The molecule has 9 heteroatoms. The van der Waals surface area contributed by atoms with Crippen molar-refractivity contribution < 1.29 is 19.1 Å². The molecule has 0 radical (unpaired) electrons. The Balaban J connectivity index is 1.24. The molecule has 1 aromatic rings. The van der Waals surface area contributed by atoms with Gasteiger partial charge in [0, 0.05) is 25.7 Å². The van der Waals surface area contributed by atoms with Gasteiger partial charge in [0.25, 0.3) is 6.47 Å². The van der Waals surface area contributed by atoms with E-state index in [0.29, 0.717) is 38.3 Å². The molecule has 32 heavy (non-hydrogen) atoms. The standard InChI is InChI=1S/C23H27N5O4/c24-10-15-2-1-7-27(15)22(30)19(25)12-26-11-16-9-21(26)23(31)28(16)20-6-3-14-8-17(32-13-29)4-5-18(14)20/h4-5,8,13,15-16,19-21H,1-3,6-7,9,11-12,25H2/t15-,16+,19-,20+,21+/m0/s1. The fraction of sp³-hybridized carbons (Fsp3) is 0.565. The van der Waals surface area contributed by atoms with Crippen LogP contribution in [0.1, 0.15) is 42.9 Å². The largest absolute Gasteiger partial charge is 0.429 e. The number of carbonyl (C=O) groups excluding carboxylic acids is 3. The number of aryl methyl sites for hydroxylation is 1. The highest BCUT2D eigenvalue weighted by molar-refractivity contribution is 5.87. The number of rotatable bonds is 6. The van der Waals surface area contributed by atoms with Crippen molar-refractivity contribution in [2.24, 2.45) is 5.73 Å². The van der Waals surface area contributed by atoms with E-state index in [2.05, 4.69) is 6.07 Å². The third kappa shape index (κ3) is 3.34. The topological polar surface area (TPSA) is 120 Å². The average Bonchev–Trinajstić information content (AvgIpc) is 3.56. The number of hydrogen-bond donors (Lipinski definition) is 1. The molecule has 0 saturated carbocycles. The summed E-state index contributed by atoms with van der Waals surface area (Å²) in [5, 5.41) is 9.25. The van der Waals surface area contributed by atoms with Crippen molar-refractivity contribution >= 4 is 18.3 Å². The maximum absolute atomic E-state index is 13.3. The van der Waals surface area contributed by atoms with Crippen molar-refractivity contribution in [3.63, 3.8) is 0 Å². The molecule has 1 aromatic carbocycles. The van der Waals surface area contributed by atoms with Gasteiger partial charge in [-0.2, -0.15) is 5.26 Å². The van der Waals surface area contributed by atoms with E-state index in [9.17, 15) is 19.6 Å². The molecule has 9 nitrogen and oxygen atoms in total. The number of nitrogens with two attached hydrogens (primary N) is 1. The summed E-state index contributed by atoms with van der Waals surface area (Å²) in [6, 6.07) is 6.58. The van der Waals surface area contributed by atoms with E-state index < -0.39 is 6.04 Å². The molecule has 0 aromatic heterocycles. The lowest BCUT2D eigenvalue weighted by Crippen LogP contribution is -2.56. The fourth-order valence-corrected chi connectivity index (χ4v) is 6.00. The first-order valence-corrected chi connectivity index (χ1v) is 11.3. The molecular weight excluding hydrogens is 410 g/mol. The molecule has 2 amide bonds. The predicted molar refractivity (Wildman–Crippen MR) is 113 cm³/mol. The third-order valence-corrected chi connectivity index (χ3v) is 7.43. The number of piperazine rings is 1. The van der Waals surface area contributed by atoms with Gasteiger partial charge in [0.1, 0.15) is 11.8 Å². The molecule has 3 saturated heterocycles. The van der Waals surface area contributed by atoms with Crippen molar-refractivity contribution in [1.29, 1.82) is 5.26 Å². The molecular formula is C23H27N5O4. The van der Waals surface area contributed by atoms with Crippen molar-refractivity contribution in [2.45, 2.75) is 62.3 Å². The van der Waals surface area contributed by atoms with Gasteiger partial charge in [-0.25, -0.2) is 0 Å². The Hall–Kier alpha value is -2.96. The van der Waals surface area contributed by atoms with Crippen LogP contribution in [0.3, 0.4) is 0 Å². The lowest BCUT2D eigenvalue weighted by molar-refractivity contribution is -0.141. The normalized spacial score (nSPS) is 29.8. The van der Waals surface area contributed by atoms with Gasteiger partial charge in [-0.1, -0.05) is 6.07 Å². The number of carbonyl (C=O) groups is 3. The lowest BCUT2D eigenvalue weighted by atomic mass is 10.0. The van der Waals surface area contributed by atoms with Crippen LogP contribution in [0.2, 0.25) is 0 Å². The Morgan fingerprint density at radius 3 is 2.94 bits per heavy atom. The maximum atomic E-state index is 13.3. The Bertz CT molecular complexity index is 991. The highest BCUT2D eigenvalue weighted by atomic mass is 16.5. The van der Waals surface area contributed by atoms with Crippen LogP contribution in [-0.2, 0) is 20.8 Å². The zero-order valence-corrected chi connectivity index (χ0v) is 17.9. The molecule has 3 heterocycles. The van der Waals surface area contributed by atoms with Crippen LogP contribution in [0.25, 0.3) is 0 Å². The summed E-state index contributed by atoms with van der Waals surface area (Å²) < 4.78 is 4.95. The van der Waals surface area contributed by atoms with Gasteiger partial charge in [0.05, 0.1) is 24.2 Å². The summed E-state index contributed by atoms with van der Waals surface area (Å²) in [4.78, 5) is 42.3. The van der Waals surface area contributed by atoms with E-state index in [1.54, 1.807) is 11.0 Å². The number of nitrogens with zero attached hydrogens (tertiary/aromatic N) is 4. The predicted octanol–water partition coefficient (Wildman–Crippen LogP) is 0.336. The van der Waals surface area contributed by atoms with Gasteiger partial charge in [0.2, 0.25) is 11.8 Å². The number of benzene rings is 1. The molecule has 2 N–H and O–H groups in total. The molecule has 1 aliphatic carbocycles. The van der Waals surface area contributed by atoms with E-state index in [-0.39, 0.29) is 36.0 Å². The Morgan fingerprint density at radius 1 is 1.34 bits per heavy atom. The van der Waals surface area contributed by atoms with E-state index in [0.717, 1.165) is 36.8 Å². The maximum Gasteiger partial charge on any atom is 0.298 e. The van der Waals surface area contributed by atoms with Crippen LogP contribution in [0, 0.1) is 11.3 Å². The van der Waals surface area contributed by atoms with Gasteiger partial charge < -0.3 is 20.3 Å². The lowest BCUT2D eigenvalue weighted by Gasteiger charge is -2.38. The number of ether oxygens (including phenoxy) is 1. The van der Waals surface area contributed by atoms with Crippen molar-refractivity contribution in [3.05, 3.63) is 29.3 Å². The molecule has 4 aliphatic rings. The second-order valence-electron chi connectivity index (χ2n) is 9.16. The summed E-state index contributed by atoms with van der Waals surface area (Å²) in [7, 11) is 0. The second-order valence-corrected chi connectivity index (χ2v) is 9.16. The summed E-state index contributed by atoms with van der Waals surface area (Å²) in [5.74, 6) is 0.428. The third-order valence-electron chi connectivity index (χ3n) is 7.43. The summed E-state index contributed by atoms with van der Waals surface area (Å²) in [6.07, 6.45) is 3.97. The number of fused-ring (bicyclic) bond motifs is 3. The van der Waals surface area contributed by atoms with Crippen molar-refractivity contribution in [3.8, 4) is 11.8 Å². The number of amides is 2. The first kappa shape index (κ1) is 20.9. The van der Waals surface area contributed by atoms with E-state index in [1.165, 1.54) is 0 Å². The van der Waals surface area contributed by atoms with Gasteiger partial charge in [-0.3, -0.25) is 19.3 Å². The Kier molecular flexibility index (Phi) is 5.35. The van der Waals surface area contributed by atoms with Crippen molar-refractivity contribution in [1.82, 2.24) is 14.7 Å². The zero-order valence-electron chi connectivity index (χ0n) is 17.9. The molecule has 3 fully saturated rings. The first-order valence-electron chi connectivity index (χ1n) is 11.3. The highest BCUT2D eigenvalue weighted by Gasteiger charge is 2.53. The van der Waals surface area contributed by atoms with Gasteiger partial charge in [0.15, 0.2) is 0 Å². The van der Waals surface area contributed by atoms with Crippen LogP contribution >= 0.6 is 0 Å². The van der Waals surface area contributed by atoms with Crippen LogP contribution in [-0.4, -0.2) is 76.8 Å². The van der Waals surface area contributed by atoms with Gasteiger partial charge in [-0.15, -0.1) is 0 Å². The zero-order chi connectivity index (χ0) is 22.4. The van der Waals surface area contributed by atoms with Crippen LogP contribution in [0.4, 0.5) is 0 Å². The molecule has 2 bridgehead atoms. The van der Waals surface area contributed by atoms with Crippen LogP contribution in [0.15, 0.2) is 18.2 Å². The minimum atomic E-state index is -0.729. The molecule has 168 valence electrons. The quantitative estimate of drug-likeness (QED) is 0.637. The highest BCUT2D eigenvalue weighted by Crippen LogP contribution is 2.44. The molecule has 5 rings (SSSR count). The summed E-state index contributed by atoms with van der Waals surface area (Å²) in [5.41, 5.74) is 8.47. The minimum absolute atomic E-state index is 0.0382. The van der Waals surface area contributed by atoms with Gasteiger partial charge >= 0.3 is 0 Å².